The van der Waals surface area contributed by atoms with E-state index in [4.69, 9.17) is 9.47 Å². The van der Waals surface area contributed by atoms with Crippen molar-refractivity contribution in [2.24, 2.45) is 0 Å². The molecule has 0 unspecified atom stereocenters. The van der Waals surface area contributed by atoms with Gasteiger partial charge in [-0.3, -0.25) is 0 Å². The van der Waals surface area contributed by atoms with E-state index in [1.165, 1.54) is 69.0 Å². The van der Waals surface area contributed by atoms with Crippen LogP contribution in [0.4, 0.5) is 11.4 Å². The number of rotatable bonds is 5. The van der Waals surface area contributed by atoms with E-state index < -0.39 is 0 Å². The van der Waals surface area contributed by atoms with Crippen molar-refractivity contribution in [1.29, 1.82) is 0 Å². The standard InChI is InChI=1S/C52H40N2O4/c1-57-51(55)39-27-37-29-15-3-9-21-35-43(29)45(33-19-7-5-17-31(39)41(33)37)49(53-23-11-12-24-53)47(35)48-36-22-10-4-16-30-38-28-40(52(56)58-2)32-18-6-8-20-34(42(32)38)46(44(30)36)50(48)54-25-13-14-26-54/h3-10,15-22,27-28H,11-14,23-26H2,1-2H3. The minimum absolute atomic E-state index is 0.318. The predicted octanol–water partition coefficient (Wildman–Crippen LogP) is 12.2. The summed E-state index contributed by atoms with van der Waals surface area (Å²) in [6.07, 6.45) is 4.55. The first-order valence-corrected chi connectivity index (χ1v) is 20.6. The summed E-state index contributed by atoms with van der Waals surface area (Å²) in [4.78, 5) is 32.0. The van der Waals surface area contributed by atoms with Crippen LogP contribution in [0.5, 0.6) is 0 Å². The van der Waals surface area contributed by atoms with Crippen LogP contribution in [0.25, 0.3) is 97.3 Å². The number of fused-ring (bicyclic) bond motifs is 4. The number of hydrogen-bond donors (Lipinski definition) is 0. The highest BCUT2D eigenvalue weighted by Gasteiger charge is 2.34. The Labute approximate surface area is 334 Å². The third-order valence-electron chi connectivity index (χ3n) is 13.4. The lowest BCUT2D eigenvalue weighted by molar-refractivity contribution is 0.0594. The number of benzene rings is 2. The molecule has 282 valence electrons. The lowest BCUT2D eigenvalue weighted by Gasteiger charge is -2.24. The fourth-order valence-electron chi connectivity index (χ4n) is 11.2. The van der Waals surface area contributed by atoms with E-state index in [0.717, 1.165) is 106 Å². The summed E-state index contributed by atoms with van der Waals surface area (Å²) < 4.78 is 10.7. The monoisotopic (exact) mass is 756 g/mol. The largest absolute Gasteiger partial charge is 0.465 e. The zero-order chi connectivity index (χ0) is 38.8. The van der Waals surface area contributed by atoms with E-state index in [0.29, 0.717) is 11.1 Å². The predicted molar refractivity (Wildman–Crippen MR) is 240 cm³/mol. The van der Waals surface area contributed by atoms with E-state index in [9.17, 15) is 9.59 Å². The molecule has 2 fully saturated rings. The van der Waals surface area contributed by atoms with Crippen molar-refractivity contribution < 1.29 is 19.1 Å². The average molecular weight is 757 g/mol. The number of anilines is 2. The van der Waals surface area contributed by atoms with Gasteiger partial charge in [0, 0.05) is 58.9 Å². The van der Waals surface area contributed by atoms with Crippen molar-refractivity contribution >= 4 is 109 Å². The summed E-state index contributed by atoms with van der Waals surface area (Å²) in [6.45, 7) is 3.91. The minimum Gasteiger partial charge on any atom is -0.465 e. The third kappa shape index (κ3) is 4.32. The second kappa shape index (κ2) is 12.4. The van der Waals surface area contributed by atoms with E-state index in [-0.39, 0.29) is 11.9 Å². The normalized spacial score (nSPS) is 14.9. The second-order valence-electron chi connectivity index (χ2n) is 16.2. The van der Waals surface area contributed by atoms with Crippen LogP contribution in [0.2, 0.25) is 0 Å². The molecule has 2 saturated heterocycles. The van der Waals surface area contributed by atoms with Crippen molar-refractivity contribution in [3.8, 4) is 11.1 Å². The quantitative estimate of drug-likeness (QED) is 0.163. The summed E-state index contributed by atoms with van der Waals surface area (Å²) >= 11 is 0. The second-order valence-corrected chi connectivity index (χ2v) is 16.2. The Morgan fingerprint density at radius 3 is 1.09 bits per heavy atom. The highest BCUT2D eigenvalue weighted by atomic mass is 16.5. The van der Waals surface area contributed by atoms with Gasteiger partial charge in [0.25, 0.3) is 0 Å². The molecule has 0 spiro atoms. The van der Waals surface area contributed by atoms with Gasteiger partial charge < -0.3 is 19.3 Å². The Bertz CT molecular complexity index is 3150. The molecule has 0 atom stereocenters. The zero-order valence-electron chi connectivity index (χ0n) is 32.6. The lowest BCUT2D eigenvalue weighted by Crippen LogP contribution is -2.19. The number of nitrogens with zero attached hydrogens (tertiary/aromatic N) is 2. The van der Waals surface area contributed by atoms with E-state index in [1.54, 1.807) is 0 Å². The van der Waals surface area contributed by atoms with Gasteiger partial charge in [-0.15, -0.1) is 0 Å². The minimum atomic E-state index is -0.318. The van der Waals surface area contributed by atoms with Crippen LogP contribution in [-0.4, -0.2) is 52.3 Å². The van der Waals surface area contributed by atoms with Crippen LogP contribution in [0, 0.1) is 0 Å². The SMILES string of the molecule is COC(=O)c1cc2c3ccccc4c(-c5c(N6CCCC6)c6c7ccccc8c(C(=O)OC)cc(c9ccccc5c96)c87)c(N5CCCC5)c(c5ccccc1c25)c43. The average Bonchev–Trinajstić information content (AvgIpc) is 4.08. The number of hydrogen-bond acceptors (Lipinski definition) is 6. The molecule has 0 aromatic heterocycles. The molecule has 0 saturated carbocycles. The highest BCUT2D eigenvalue weighted by Crippen LogP contribution is 2.59. The molecule has 0 aliphatic carbocycles. The van der Waals surface area contributed by atoms with Crippen LogP contribution in [0.15, 0.2) is 109 Å². The topological polar surface area (TPSA) is 59.1 Å². The molecule has 12 rings (SSSR count). The summed E-state index contributed by atoms with van der Waals surface area (Å²) in [5.74, 6) is -0.635. The molecule has 10 aromatic carbocycles. The fraction of sp³-hybridized carbons (Fsp3) is 0.192. The maximum absolute atomic E-state index is 13.4. The number of esters is 2. The number of ether oxygens (including phenoxy) is 2. The first-order chi connectivity index (χ1) is 28.6. The van der Waals surface area contributed by atoms with Crippen molar-refractivity contribution in [2.45, 2.75) is 25.7 Å². The molecular formula is C52H40N2O4. The van der Waals surface area contributed by atoms with E-state index >= 15 is 0 Å². The Morgan fingerprint density at radius 1 is 0.397 bits per heavy atom. The lowest BCUT2D eigenvalue weighted by atomic mass is 9.99. The smallest absolute Gasteiger partial charge is 0.338 e. The summed E-state index contributed by atoms with van der Waals surface area (Å²) in [5, 5.41) is 18.2. The van der Waals surface area contributed by atoms with Crippen molar-refractivity contribution in [3.63, 3.8) is 0 Å². The van der Waals surface area contributed by atoms with Crippen molar-refractivity contribution in [3.05, 3.63) is 120 Å². The summed E-state index contributed by atoms with van der Waals surface area (Å²) in [7, 11) is 2.93. The number of carbonyl (C=O) groups is 2. The van der Waals surface area contributed by atoms with Gasteiger partial charge in [0.2, 0.25) is 0 Å². The molecule has 2 heterocycles. The Kier molecular flexibility index (Phi) is 7.17. The van der Waals surface area contributed by atoms with Gasteiger partial charge in [0.1, 0.15) is 0 Å². The van der Waals surface area contributed by atoms with E-state index in [1.807, 2.05) is 0 Å². The summed E-state index contributed by atoms with van der Waals surface area (Å²) in [6, 6.07) is 39.0. The van der Waals surface area contributed by atoms with Crippen LogP contribution in [-0.2, 0) is 9.47 Å². The molecule has 0 amide bonds. The molecule has 6 heteroatoms. The van der Waals surface area contributed by atoms with Crippen molar-refractivity contribution in [1.82, 2.24) is 0 Å². The van der Waals surface area contributed by atoms with Gasteiger partial charge in [-0.2, -0.15) is 0 Å². The van der Waals surface area contributed by atoms with Crippen LogP contribution >= 0.6 is 0 Å². The Hall–Kier alpha value is -6.66. The van der Waals surface area contributed by atoms with E-state index in [2.05, 4.69) is 119 Å². The first-order valence-electron chi connectivity index (χ1n) is 20.6. The molecular weight excluding hydrogens is 717 g/mol. The number of methoxy groups -OCH3 is 2. The highest BCUT2D eigenvalue weighted by molar-refractivity contribution is 6.45. The van der Waals surface area contributed by atoms with Crippen LogP contribution in [0.1, 0.15) is 46.4 Å². The Balaban J connectivity index is 1.35. The van der Waals surface area contributed by atoms with Gasteiger partial charge in [0.05, 0.1) is 36.7 Å². The van der Waals surface area contributed by atoms with Gasteiger partial charge in [-0.05, 0) is 102 Å². The molecule has 2 aliphatic heterocycles. The molecule has 6 nitrogen and oxygen atoms in total. The Morgan fingerprint density at radius 2 is 0.724 bits per heavy atom. The van der Waals surface area contributed by atoms with Crippen LogP contribution in [0.3, 0.4) is 0 Å². The van der Waals surface area contributed by atoms with Gasteiger partial charge in [-0.1, -0.05) is 97.1 Å². The maximum atomic E-state index is 13.4. The molecule has 0 bridgehead atoms. The maximum Gasteiger partial charge on any atom is 0.338 e. The molecule has 58 heavy (non-hydrogen) atoms. The third-order valence-corrected chi connectivity index (χ3v) is 13.4. The zero-order valence-corrected chi connectivity index (χ0v) is 32.6. The molecule has 0 radical (unpaired) electrons. The van der Waals surface area contributed by atoms with Crippen LogP contribution < -0.4 is 9.80 Å². The fourth-order valence-corrected chi connectivity index (χ4v) is 11.2. The molecule has 2 aliphatic rings. The summed E-state index contributed by atoms with van der Waals surface area (Å²) in [5.41, 5.74) is 6.34. The first kappa shape index (κ1) is 33.5. The molecule has 0 N–H and O–H groups in total. The van der Waals surface area contributed by atoms with Crippen molar-refractivity contribution in [2.75, 3.05) is 50.2 Å². The molecule has 10 aromatic rings. The number of carbonyl (C=O) groups excluding carboxylic acids is 2. The van der Waals surface area contributed by atoms with Gasteiger partial charge >= 0.3 is 11.9 Å². The van der Waals surface area contributed by atoms with Gasteiger partial charge in [0.15, 0.2) is 0 Å². The van der Waals surface area contributed by atoms with Gasteiger partial charge in [-0.25, -0.2) is 9.59 Å².